The smallest absolute Gasteiger partial charge is 0.339 e. The Kier molecular flexibility index (Phi) is 5.16. The van der Waals surface area contributed by atoms with Crippen molar-refractivity contribution >= 4 is 33.1 Å². The number of nitro groups is 2. The third-order valence-corrected chi connectivity index (χ3v) is 4.26. The molecule has 0 spiro atoms. The molecule has 0 saturated heterocycles. The van der Waals surface area contributed by atoms with Gasteiger partial charge in [-0.15, -0.1) is 0 Å². The zero-order chi connectivity index (χ0) is 19.5. The molecule has 0 heterocycles. The SMILES string of the molecule is CC(=O)Nc1ccc(S(=O)(=O)Oc2ccc([N+](=O)[O-])cc2[N+](=O)[O-])cc1. The topological polar surface area (TPSA) is 159 Å². The number of hydrogen-bond donors (Lipinski definition) is 1. The number of anilines is 1. The number of carbonyl (C=O) groups is 1. The van der Waals surface area contributed by atoms with Gasteiger partial charge in [-0.3, -0.25) is 25.0 Å². The molecule has 0 unspecified atom stereocenters. The molecule has 0 aliphatic carbocycles. The lowest BCUT2D eigenvalue weighted by Gasteiger charge is -2.08. The molecule has 1 amide bonds. The van der Waals surface area contributed by atoms with E-state index < -0.39 is 37.1 Å². The van der Waals surface area contributed by atoms with Crippen LogP contribution >= 0.6 is 0 Å². The zero-order valence-electron chi connectivity index (χ0n) is 13.1. The molecule has 0 radical (unpaired) electrons. The fourth-order valence-corrected chi connectivity index (χ4v) is 2.85. The average molecular weight is 381 g/mol. The van der Waals surface area contributed by atoms with Crippen LogP contribution in [0.5, 0.6) is 5.75 Å². The molecule has 136 valence electrons. The summed E-state index contributed by atoms with van der Waals surface area (Å²) in [5.41, 5.74) is -1.10. The minimum Gasteiger partial charge on any atom is -0.372 e. The van der Waals surface area contributed by atoms with Crippen molar-refractivity contribution in [3.8, 4) is 5.75 Å². The highest BCUT2D eigenvalue weighted by atomic mass is 32.2. The van der Waals surface area contributed by atoms with Gasteiger partial charge in [0.05, 0.1) is 15.9 Å². The Bertz CT molecular complexity index is 986. The van der Waals surface area contributed by atoms with Crippen LogP contribution in [0.15, 0.2) is 47.4 Å². The molecule has 0 bridgehead atoms. The van der Waals surface area contributed by atoms with Crippen molar-refractivity contribution in [3.63, 3.8) is 0 Å². The minimum atomic E-state index is -4.43. The van der Waals surface area contributed by atoms with Gasteiger partial charge in [-0.05, 0) is 30.3 Å². The van der Waals surface area contributed by atoms with Crippen LogP contribution in [0.1, 0.15) is 6.92 Å². The predicted octanol–water partition coefficient (Wildman–Crippen LogP) is 2.23. The van der Waals surface area contributed by atoms with E-state index in [1.807, 2.05) is 0 Å². The summed E-state index contributed by atoms with van der Waals surface area (Å²) in [6.07, 6.45) is 0. The largest absolute Gasteiger partial charge is 0.372 e. The Morgan fingerprint density at radius 1 is 1.04 bits per heavy atom. The molecule has 26 heavy (non-hydrogen) atoms. The van der Waals surface area contributed by atoms with Crippen molar-refractivity contribution < 1.29 is 27.2 Å². The maximum absolute atomic E-state index is 12.3. The molecule has 12 heteroatoms. The second-order valence-electron chi connectivity index (χ2n) is 4.91. The van der Waals surface area contributed by atoms with Crippen LogP contribution in [0, 0.1) is 20.2 Å². The summed E-state index contributed by atoms with van der Waals surface area (Å²) in [7, 11) is -4.43. The van der Waals surface area contributed by atoms with Crippen LogP contribution in [0.3, 0.4) is 0 Å². The van der Waals surface area contributed by atoms with Gasteiger partial charge in [0, 0.05) is 18.7 Å². The lowest BCUT2D eigenvalue weighted by Crippen LogP contribution is -2.11. The number of hydrogen-bond acceptors (Lipinski definition) is 8. The predicted molar refractivity (Wildman–Crippen MR) is 88.3 cm³/mol. The number of carbonyl (C=O) groups excluding carboxylic acids is 1. The van der Waals surface area contributed by atoms with Crippen molar-refractivity contribution in [1.82, 2.24) is 0 Å². The van der Waals surface area contributed by atoms with Crippen LogP contribution in [0.4, 0.5) is 17.1 Å². The van der Waals surface area contributed by atoms with E-state index in [-0.39, 0.29) is 10.8 Å². The summed E-state index contributed by atoms with van der Waals surface area (Å²) < 4.78 is 29.3. The van der Waals surface area contributed by atoms with Gasteiger partial charge in [-0.25, -0.2) is 0 Å². The van der Waals surface area contributed by atoms with Gasteiger partial charge in [0.1, 0.15) is 4.90 Å². The Hall–Kier alpha value is -3.54. The first-order chi connectivity index (χ1) is 12.1. The lowest BCUT2D eigenvalue weighted by atomic mass is 10.2. The van der Waals surface area contributed by atoms with Crippen molar-refractivity contribution in [1.29, 1.82) is 0 Å². The van der Waals surface area contributed by atoms with Gasteiger partial charge in [-0.2, -0.15) is 8.42 Å². The lowest BCUT2D eigenvalue weighted by molar-refractivity contribution is -0.394. The first-order valence-electron chi connectivity index (χ1n) is 6.85. The summed E-state index contributed by atoms with van der Waals surface area (Å²) >= 11 is 0. The fraction of sp³-hybridized carbons (Fsp3) is 0.0714. The fourth-order valence-electron chi connectivity index (χ4n) is 1.91. The third kappa shape index (κ3) is 4.30. The van der Waals surface area contributed by atoms with Crippen molar-refractivity contribution in [3.05, 3.63) is 62.7 Å². The number of nitro benzene ring substituents is 2. The van der Waals surface area contributed by atoms with E-state index in [2.05, 4.69) is 5.32 Å². The van der Waals surface area contributed by atoms with E-state index in [4.69, 9.17) is 4.18 Å². The van der Waals surface area contributed by atoms with E-state index >= 15 is 0 Å². The Balaban J connectivity index is 2.35. The molecular weight excluding hydrogens is 370 g/mol. The Labute approximate surface area is 146 Å². The highest BCUT2D eigenvalue weighted by Gasteiger charge is 2.26. The quantitative estimate of drug-likeness (QED) is 0.453. The first-order valence-corrected chi connectivity index (χ1v) is 8.26. The standard InChI is InChI=1S/C14H11N3O8S/c1-9(18)15-10-2-5-12(6-3-10)26(23,24)25-14-7-4-11(16(19)20)8-13(14)17(21)22/h2-8H,1H3,(H,15,18). The number of non-ortho nitro benzene ring substituents is 1. The second-order valence-corrected chi connectivity index (χ2v) is 6.46. The Morgan fingerprint density at radius 3 is 2.15 bits per heavy atom. The van der Waals surface area contributed by atoms with Gasteiger partial charge in [0.25, 0.3) is 5.69 Å². The van der Waals surface area contributed by atoms with Crippen LogP contribution in [-0.2, 0) is 14.9 Å². The highest BCUT2D eigenvalue weighted by Crippen LogP contribution is 2.33. The first kappa shape index (κ1) is 18.8. The van der Waals surface area contributed by atoms with Gasteiger partial charge in [0.2, 0.25) is 11.7 Å². The van der Waals surface area contributed by atoms with Crippen molar-refractivity contribution in [2.45, 2.75) is 11.8 Å². The van der Waals surface area contributed by atoms with Crippen LogP contribution < -0.4 is 9.50 Å². The van der Waals surface area contributed by atoms with Gasteiger partial charge < -0.3 is 9.50 Å². The molecule has 0 aliphatic heterocycles. The average Bonchev–Trinajstić information content (AvgIpc) is 2.54. The van der Waals surface area contributed by atoms with Crippen molar-refractivity contribution in [2.24, 2.45) is 0 Å². The second kappa shape index (κ2) is 7.14. The third-order valence-electron chi connectivity index (χ3n) is 3.01. The van der Waals surface area contributed by atoms with Crippen LogP contribution in [0.2, 0.25) is 0 Å². The van der Waals surface area contributed by atoms with Gasteiger partial charge in [0.15, 0.2) is 0 Å². The molecule has 0 aromatic heterocycles. The van der Waals surface area contributed by atoms with Gasteiger partial charge in [-0.1, -0.05) is 0 Å². The Morgan fingerprint density at radius 2 is 1.65 bits per heavy atom. The summed E-state index contributed by atoms with van der Waals surface area (Å²) in [6.45, 7) is 1.28. The molecule has 2 rings (SSSR count). The molecular formula is C14H11N3O8S. The highest BCUT2D eigenvalue weighted by molar-refractivity contribution is 7.87. The number of nitrogens with zero attached hydrogens (tertiary/aromatic N) is 2. The molecule has 2 aromatic carbocycles. The normalized spacial score (nSPS) is 10.8. The zero-order valence-corrected chi connectivity index (χ0v) is 13.9. The van der Waals surface area contributed by atoms with E-state index in [1.165, 1.54) is 19.1 Å². The number of nitrogens with one attached hydrogen (secondary N) is 1. The summed E-state index contributed by atoms with van der Waals surface area (Å²) in [6, 6.07) is 7.21. The van der Waals surface area contributed by atoms with Gasteiger partial charge >= 0.3 is 15.8 Å². The summed E-state index contributed by atoms with van der Waals surface area (Å²) in [4.78, 5) is 30.5. The molecule has 0 saturated carbocycles. The number of amides is 1. The number of rotatable bonds is 6. The van der Waals surface area contributed by atoms with E-state index in [1.54, 1.807) is 0 Å². The molecule has 0 aliphatic rings. The minimum absolute atomic E-state index is 0.320. The molecule has 0 fully saturated rings. The maximum atomic E-state index is 12.3. The summed E-state index contributed by atoms with van der Waals surface area (Å²) in [5.74, 6) is -1.01. The van der Waals surface area contributed by atoms with Crippen LogP contribution in [-0.4, -0.2) is 24.2 Å². The van der Waals surface area contributed by atoms with E-state index in [9.17, 15) is 33.4 Å². The monoisotopic (exact) mass is 381 g/mol. The van der Waals surface area contributed by atoms with E-state index in [0.717, 1.165) is 24.3 Å². The summed E-state index contributed by atoms with van der Waals surface area (Å²) in [5, 5.41) is 24.2. The molecule has 0 atom stereocenters. The van der Waals surface area contributed by atoms with Crippen LogP contribution in [0.25, 0.3) is 0 Å². The van der Waals surface area contributed by atoms with Crippen molar-refractivity contribution in [2.75, 3.05) is 5.32 Å². The maximum Gasteiger partial charge on any atom is 0.339 e. The molecule has 11 nitrogen and oxygen atoms in total. The molecule has 2 aromatic rings. The molecule has 1 N–H and O–H groups in total. The number of benzene rings is 2. The van der Waals surface area contributed by atoms with E-state index in [0.29, 0.717) is 11.8 Å².